The molecule has 3 rings (SSSR count). The molecule has 1 saturated heterocycles. The lowest BCUT2D eigenvalue weighted by molar-refractivity contribution is -0.152. The van der Waals surface area contributed by atoms with Crippen LogP contribution in [0.1, 0.15) is 59.9 Å². The minimum absolute atomic E-state index is 0.0311. The lowest BCUT2D eigenvalue weighted by Crippen LogP contribution is -2.41. The molecule has 6 nitrogen and oxygen atoms in total. The Balaban J connectivity index is 1.65. The molecule has 0 aliphatic carbocycles. The summed E-state index contributed by atoms with van der Waals surface area (Å²) >= 11 is 6.28. The van der Waals surface area contributed by atoms with Crippen molar-refractivity contribution < 1.29 is 19.1 Å². The Labute approximate surface area is 188 Å². The fraction of sp³-hybridized carbons (Fsp3) is 0.458. The molecule has 1 fully saturated rings. The molecule has 1 atom stereocenters. The Kier molecular flexibility index (Phi) is 7.55. The molecule has 166 valence electrons. The third kappa shape index (κ3) is 5.18. The highest BCUT2D eigenvalue weighted by Gasteiger charge is 2.35. The van der Waals surface area contributed by atoms with E-state index in [2.05, 4.69) is 0 Å². The number of rotatable bonds is 8. The monoisotopic (exact) mass is 444 g/mol. The number of Topliss-reactive ketones (excluding diaryl/α,β-unsaturated/α-hetero) is 1. The fourth-order valence-corrected chi connectivity index (χ4v) is 4.30. The third-order valence-electron chi connectivity index (χ3n) is 5.81. The lowest BCUT2D eigenvalue weighted by Gasteiger charge is -2.23. The molecule has 0 saturated carbocycles. The first-order valence-corrected chi connectivity index (χ1v) is 11.1. The van der Waals surface area contributed by atoms with E-state index in [1.807, 2.05) is 55.7 Å². The van der Waals surface area contributed by atoms with Crippen LogP contribution in [0.3, 0.4) is 0 Å². The van der Waals surface area contributed by atoms with Crippen molar-refractivity contribution in [3.05, 3.63) is 57.9 Å². The Morgan fingerprint density at radius 3 is 2.65 bits per heavy atom. The van der Waals surface area contributed by atoms with Gasteiger partial charge in [-0.2, -0.15) is 0 Å². The van der Waals surface area contributed by atoms with Gasteiger partial charge in [0.05, 0.1) is 0 Å². The van der Waals surface area contributed by atoms with Crippen LogP contribution in [0, 0.1) is 13.8 Å². The van der Waals surface area contributed by atoms with Gasteiger partial charge in [-0.15, -0.1) is 0 Å². The fourth-order valence-electron chi connectivity index (χ4n) is 4.10. The molecule has 0 radical (unpaired) electrons. The summed E-state index contributed by atoms with van der Waals surface area (Å²) in [6.45, 7) is 6.53. The van der Waals surface area contributed by atoms with Gasteiger partial charge in [0, 0.05) is 41.5 Å². The maximum atomic E-state index is 12.8. The summed E-state index contributed by atoms with van der Waals surface area (Å²) in [5.41, 5.74) is 3.23. The number of esters is 1. The van der Waals surface area contributed by atoms with E-state index in [-0.39, 0.29) is 18.3 Å². The van der Waals surface area contributed by atoms with Crippen molar-refractivity contribution in [1.82, 2.24) is 9.47 Å². The Bertz CT molecular complexity index is 982. The SMILES string of the molecule is CCCC(=O)N1CCCC1C(=O)OCC(=O)c1cc(C)n(Cc2ccccc2Cl)c1C. The van der Waals surface area contributed by atoms with Crippen molar-refractivity contribution in [2.45, 2.75) is 59.0 Å². The highest BCUT2D eigenvalue weighted by molar-refractivity contribution is 6.31. The second kappa shape index (κ2) is 10.1. The quantitative estimate of drug-likeness (QED) is 0.449. The van der Waals surface area contributed by atoms with E-state index in [9.17, 15) is 14.4 Å². The standard InChI is InChI=1S/C24H29ClN2O4/c1-4-8-23(29)26-12-7-11-21(26)24(30)31-15-22(28)19-13-16(2)27(17(19)3)14-18-9-5-6-10-20(18)25/h5-6,9-10,13,21H,4,7-8,11-12,14-15H2,1-3H3. The number of halogens is 1. The van der Waals surface area contributed by atoms with Gasteiger partial charge in [-0.05, 0) is 50.8 Å². The van der Waals surface area contributed by atoms with Crippen molar-refractivity contribution in [2.75, 3.05) is 13.2 Å². The van der Waals surface area contributed by atoms with Gasteiger partial charge in [-0.3, -0.25) is 9.59 Å². The van der Waals surface area contributed by atoms with E-state index < -0.39 is 12.0 Å². The molecule has 31 heavy (non-hydrogen) atoms. The molecule has 2 heterocycles. The van der Waals surface area contributed by atoms with E-state index in [1.54, 1.807) is 4.90 Å². The summed E-state index contributed by atoms with van der Waals surface area (Å²) in [5.74, 6) is -0.784. The number of carbonyl (C=O) groups excluding carboxylic acids is 3. The maximum absolute atomic E-state index is 12.8. The van der Waals surface area contributed by atoms with E-state index in [0.29, 0.717) is 36.5 Å². The minimum atomic E-state index is -0.584. The van der Waals surface area contributed by atoms with Crippen LogP contribution in [0.4, 0.5) is 0 Å². The molecule has 2 aromatic rings. The molecule has 7 heteroatoms. The normalized spacial score (nSPS) is 15.9. The lowest BCUT2D eigenvalue weighted by atomic mass is 10.1. The first-order valence-electron chi connectivity index (χ1n) is 10.7. The van der Waals surface area contributed by atoms with Crippen molar-refractivity contribution in [1.29, 1.82) is 0 Å². The summed E-state index contributed by atoms with van der Waals surface area (Å²) in [7, 11) is 0. The molecule has 0 N–H and O–H groups in total. The smallest absolute Gasteiger partial charge is 0.329 e. The van der Waals surface area contributed by atoms with Crippen LogP contribution in [-0.4, -0.2) is 46.3 Å². The number of benzene rings is 1. The number of carbonyl (C=O) groups is 3. The Morgan fingerprint density at radius 1 is 1.19 bits per heavy atom. The number of aromatic nitrogens is 1. The van der Waals surface area contributed by atoms with E-state index in [4.69, 9.17) is 16.3 Å². The van der Waals surface area contributed by atoms with Crippen LogP contribution in [-0.2, 0) is 20.9 Å². The average Bonchev–Trinajstić information content (AvgIpc) is 3.34. The van der Waals surface area contributed by atoms with Crippen LogP contribution < -0.4 is 0 Å². The van der Waals surface area contributed by atoms with Gasteiger partial charge in [-0.25, -0.2) is 4.79 Å². The topological polar surface area (TPSA) is 68.6 Å². The van der Waals surface area contributed by atoms with Crippen molar-refractivity contribution in [2.24, 2.45) is 0 Å². The minimum Gasteiger partial charge on any atom is -0.456 e. The van der Waals surface area contributed by atoms with Crippen LogP contribution in [0.5, 0.6) is 0 Å². The summed E-state index contributed by atoms with van der Waals surface area (Å²) in [5, 5.41) is 0.676. The molecule has 0 bridgehead atoms. The molecular weight excluding hydrogens is 416 g/mol. The summed E-state index contributed by atoms with van der Waals surface area (Å²) in [6.07, 6.45) is 2.50. The number of amides is 1. The Hall–Kier alpha value is -2.60. The van der Waals surface area contributed by atoms with Gasteiger partial charge in [0.25, 0.3) is 0 Å². The number of hydrogen-bond donors (Lipinski definition) is 0. The second-order valence-corrected chi connectivity index (χ2v) is 8.40. The number of ether oxygens (including phenoxy) is 1. The summed E-state index contributed by atoms with van der Waals surface area (Å²) in [6, 6.07) is 8.84. The van der Waals surface area contributed by atoms with Crippen LogP contribution in [0.2, 0.25) is 5.02 Å². The highest BCUT2D eigenvalue weighted by Crippen LogP contribution is 2.23. The number of likely N-dealkylation sites (tertiary alicyclic amines) is 1. The maximum Gasteiger partial charge on any atom is 0.329 e. The molecule has 1 aliphatic heterocycles. The largest absolute Gasteiger partial charge is 0.456 e. The third-order valence-corrected chi connectivity index (χ3v) is 6.18. The van der Waals surface area contributed by atoms with Crippen molar-refractivity contribution in [3.63, 3.8) is 0 Å². The summed E-state index contributed by atoms with van der Waals surface area (Å²) in [4.78, 5) is 39.1. The molecular formula is C24H29ClN2O4. The van der Waals surface area contributed by atoms with Gasteiger partial charge in [0.15, 0.2) is 6.61 Å². The Morgan fingerprint density at radius 2 is 1.94 bits per heavy atom. The van der Waals surface area contributed by atoms with E-state index in [0.717, 1.165) is 29.8 Å². The van der Waals surface area contributed by atoms with E-state index in [1.165, 1.54) is 0 Å². The van der Waals surface area contributed by atoms with Gasteiger partial charge < -0.3 is 14.2 Å². The highest BCUT2D eigenvalue weighted by atomic mass is 35.5. The first-order chi connectivity index (χ1) is 14.8. The number of hydrogen-bond acceptors (Lipinski definition) is 4. The van der Waals surface area contributed by atoms with E-state index >= 15 is 0 Å². The van der Waals surface area contributed by atoms with Gasteiger partial charge in [0.1, 0.15) is 6.04 Å². The summed E-state index contributed by atoms with van der Waals surface area (Å²) < 4.78 is 7.36. The zero-order chi connectivity index (χ0) is 22.5. The number of ketones is 1. The first kappa shape index (κ1) is 23.1. The second-order valence-electron chi connectivity index (χ2n) is 7.99. The van der Waals surface area contributed by atoms with Crippen molar-refractivity contribution in [3.8, 4) is 0 Å². The molecule has 1 aromatic heterocycles. The molecule has 1 aromatic carbocycles. The van der Waals surface area contributed by atoms with Crippen LogP contribution in [0.25, 0.3) is 0 Å². The molecule has 1 amide bonds. The predicted molar refractivity (Wildman–Crippen MR) is 119 cm³/mol. The predicted octanol–water partition coefficient (Wildman–Crippen LogP) is 4.32. The van der Waals surface area contributed by atoms with Gasteiger partial charge >= 0.3 is 5.97 Å². The number of nitrogens with zero attached hydrogens (tertiary/aromatic N) is 2. The van der Waals surface area contributed by atoms with Crippen LogP contribution >= 0.6 is 11.6 Å². The molecule has 1 aliphatic rings. The zero-order valence-electron chi connectivity index (χ0n) is 18.3. The van der Waals surface area contributed by atoms with Crippen LogP contribution in [0.15, 0.2) is 30.3 Å². The van der Waals surface area contributed by atoms with Crippen molar-refractivity contribution >= 4 is 29.3 Å². The van der Waals surface area contributed by atoms with Gasteiger partial charge in [-0.1, -0.05) is 36.7 Å². The average molecular weight is 445 g/mol. The number of aryl methyl sites for hydroxylation is 1. The van der Waals surface area contributed by atoms with Gasteiger partial charge in [0.2, 0.25) is 11.7 Å². The molecule has 1 unspecified atom stereocenters. The zero-order valence-corrected chi connectivity index (χ0v) is 19.1. The molecule has 0 spiro atoms.